The standard InChI is InChI=1S/C12H17N3O6/c16-5-7-8(17)9(18)10(19)12(21-7)15-14-11(20)6-1-3-13-4-2-6/h1-4,7-10,12,15-19H,5H2,(H,14,20)/t7-,8+,9-,10-,12?/m0/s1. The normalized spacial score (nSPS) is 32.7. The van der Waals surface area contributed by atoms with Gasteiger partial charge < -0.3 is 25.2 Å². The third kappa shape index (κ3) is 3.53. The molecule has 0 spiro atoms. The molecular weight excluding hydrogens is 282 g/mol. The summed E-state index contributed by atoms with van der Waals surface area (Å²) in [5.74, 6) is -0.491. The highest BCUT2D eigenvalue weighted by Crippen LogP contribution is 2.19. The minimum atomic E-state index is -1.51. The Morgan fingerprint density at radius 1 is 1.19 bits per heavy atom. The average Bonchev–Trinajstić information content (AvgIpc) is 2.52. The molecule has 2 heterocycles. The zero-order valence-electron chi connectivity index (χ0n) is 11.0. The highest BCUT2D eigenvalue weighted by molar-refractivity contribution is 5.93. The van der Waals surface area contributed by atoms with E-state index in [1.54, 1.807) is 0 Å². The zero-order chi connectivity index (χ0) is 15.4. The number of nitrogens with one attached hydrogen (secondary N) is 2. The third-order valence-electron chi connectivity index (χ3n) is 3.16. The van der Waals surface area contributed by atoms with Crippen LogP contribution < -0.4 is 10.9 Å². The summed E-state index contributed by atoms with van der Waals surface area (Å²) in [5.41, 5.74) is 5.05. The van der Waals surface area contributed by atoms with Gasteiger partial charge >= 0.3 is 0 Å². The van der Waals surface area contributed by atoms with Crippen molar-refractivity contribution in [2.45, 2.75) is 30.6 Å². The predicted octanol–water partition coefficient (Wildman–Crippen LogP) is -2.88. The monoisotopic (exact) mass is 299 g/mol. The van der Waals surface area contributed by atoms with Gasteiger partial charge in [-0.05, 0) is 12.1 Å². The van der Waals surface area contributed by atoms with Crippen molar-refractivity contribution in [1.82, 2.24) is 15.8 Å². The highest BCUT2D eigenvalue weighted by atomic mass is 16.6. The first-order chi connectivity index (χ1) is 10.0. The van der Waals surface area contributed by atoms with Gasteiger partial charge in [-0.25, -0.2) is 5.43 Å². The Labute approximate surface area is 120 Å². The van der Waals surface area contributed by atoms with Crippen molar-refractivity contribution in [3.63, 3.8) is 0 Å². The smallest absolute Gasteiger partial charge is 0.265 e. The molecule has 9 nitrogen and oxygen atoms in total. The van der Waals surface area contributed by atoms with E-state index >= 15 is 0 Å². The fourth-order valence-electron chi connectivity index (χ4n) is 1.93. The molecule has 1 aromatic heterocycles. The van der Waals surface area contributed by atoms with E-state index in [0.717, 1.165) is 0 Å². The number of pyridine rings is 1. The molecule has 0 aromatic carbocycles. The molecule has 6 N–H and O–H groups in total. The van der Waals surface area contributed by atoms with E-state index in [0.29, 0.717) is 5.56 Å². The van der Waals surface area contributed by atoms with Crippen LogP contribution in [0, 0.1) is 0 Å². The number of amides is 1. The van der Waals surface area contributed by atoms with Crippen molar-refractivity contribution < 1.29 is 30.0 Å². The highest BCUT2D eigenvalue weighted by Gasteiger charge is 2.43. The van der Waals surface area contributed by atoms with Gasteiger partial charge in [0, 0.05) is 18.0 Å². The molecule has 1 aliphatic heterocycles. The van der Waals surface area contributed by atoms with Gasteiger partial charge in [0.15, 0.2) is 6.23 Å². The lowest BCUT2D eigenvalue weighted by atomic mass is 9.99. The lowest BCUT2D eigenvalue weighted by Gasteiger charge is -2.40. The van der Waals surface area contributed by atoms with Crippen LogP contribution in [-0.2, 0) is 4.74 Å². The van der Waals surface area contributed by atoms with Gasteiger partial charge in [0.05, 0.1) is 6.61 Å². The molecule has 1 aromatic rings. The number of carbonyl (C=O) groups excluding carboxylic acids is 1. The molecule has 1 amide bonds. The van der Waals surface area contributed by atoms with Gasteiger partial charge in [-0.1, -0.05) is 0 Å². The van der Waals surface area contributed by atoms with Crippen molar-refractivity contribution in [2.75, 3.05) is 6.61 Å². The number of carbonyl (C=O) groups is 1. The molecule has 2 rings (SSSR count). The number of aliphatic hydroxyl groups excluding tert-OH is 4. The molecule has 21 heavy (non-hydrogen) atoms. The lowest BCUT2D eigenvalue weighted by Crippen LogP contribution is -2.64. The molecule has 0 radical (unpaired) electrons. The van der Waals surface area contributed by atoms with Gasteiger partial charge in [0.2, 0.25) is 0 Å². The number of ether oxygens (including phenoxy) is 1. The van der Waals surface area contributed by atoms with Crippen LogP contribution in [0.2, 0.25) is 0 Å². The fraction of sp³-hybridized carbons (Fsp3) is 0.500. The van der Waals surface area contributed by atoms with Crippen LogP contribution >= 0.6 is 0 Å². The van der Waals surface area contributed by atoms with E-state index in [-0.39, 0.29) is 0 Å². The number of aromatic nitrogens is 1. The maximum absolute atomic E-state index is 11.8. The van der Waals surface area contributed by atoms with Crippen molar-refractivity contribution in [3.05, 3.63) is 30.1 Å². The molecule has 0 saturated carbocycles. The molecule has 5 atom stereocenters. The molecule has 0 bridgehead atoms. The van der Waals surface area contributed by atoms with Crippen molar-refractivity contribution >= 4 is 5.91 Å². The predicted molar refractivity (Wildman–Crippen MR) is 68.6 cm³/mol. The van der Waals surface area contributed by atoms with Gasteiger partial charge in [-0.15, -0.1) is 0 Å². The van der Waals surface area contributed by atoms with Crippen LogP contribution in [0.3, 0.4) is 0 Å². The van der Waals surface area contributed by atoms with Crippen LogP contribution in [-0.4, -0.2) is 68.6 Å². The maximum Gasteiger partial charge on any atom is 0.265 e. The Morgan fingerprint density at radius 3 is 2.48 bits per heavy atom. The summed E-state index contributed by atoms with van der Waals surface area (Å²) in [6, 6.07) is 2.98. The second-order valence-electron chi connectivity index (χ2n) is 4.58. The quantitative estimate of drug-likeness (QED) is 0.325. The molecule has 0 aliphatic carbocycles. The molecule has 9 heteroatoms. The second-order valence-corrected chi connectivity index (χ2v) is 4.58. The first-order valence-electron chi connectivity index (χ1n) is 6.31. The summed E-state index contributed by atoms with van der Waals surface area (Å²) in [7, 11) is 0. The zero-order valence-corrected chi connectivity index (χ0v) is 11.0. The minimum absolute atomic E-state index is 0.335. The average molecular weight is 299 g/mol. The molecule has 1 saturated heterocycles. The SMILES string of the molecule is O=C(NNC1O[C@@H](CO)[C@@H](O)[C@H](O)[C@@H]1O)c1ccncc1. The topological polar surface area (TPSA) is 144 Å². The van der Waals surface area contributed by atoms with Gasteiger partial charge in [-0.3, -0.25) is 15.2 Å². The maximum atomic E-state index is 11.8. The van der Waals surface area contributed by atoms with E-state index < -0.39 is 43.2 Å². The number of nitrogens with zero attached hydrogens (tertiary/aromatic N) is 1. The molecule has 116 valence electrons. The summed E-state index contributed by atoms with van der Waals surface area (Å²) in [6.07, 6.45) is -3.75. The van der Waals surface area contributed by atoms with E-state index in [1.165, 1.54) is 24.5 Å². The lowest BCUT2D eigenvalue weighted by molar-refractivity contribution is -0.238. The van der Waals surface area contributed by atoms with E-state index in [2.05, 4.69) is 15.8 Å². The van der Waals surface area contributed by atoms with E-state index in [1.807, 2.05) is 0 Å². The van der Waals surface area contributed by atoms with Crippen molar-refractivity contribution in [2.24, 2.45) is 0 Å². The Balaban J connectivity index is 1.94. The molecular formula is C12H17N3O6. The van der Waals surface area contributed by atoms with Crippen LogP contribution in [0.25, 0.3) is 0 Å². The summed E-state index contributed by atoms with van der Waals surface area (Å²) in [6.45, 7) is -0.540. The summed E-state index contributed by atoms with van der Waals surface area (Å²) in [4.78, 5) is 15.6. The second kappa shape index (κ2) is 6.89. The van der Waals surface area contributed by atoms with Crippen LogP contribution in [0.5, 0.6) is 0 Å². The number of hydrazine groups is 1. The largest absolute Gasteiger partial charge is 0.394 e. The van der Waals surface area contributed by atoms with Gasteiger partial charge in [0.1, 0.15) is 24.4 Å². The number of hydrogen-bond donors (Lipinski definition) is 6. The molecule has 1 unspecified atom stereocenters. The number of rotatable bonds is 4. The Bertz CT molecular complexity index is 471. The van der Waals surface area contributed by atoms with Crippen LogP contribution in [0.15, 0.2) is 24.5 Å². The van der Waals surface area contributed by atoms with E-state index in [9.17, 15) is 20.1 Å². The third-order valence-corrected chi connectivity index (χ3v) is 3.16. The molecule has 1 aliphatic rings. The van der Waals surface area contributed by atoms with Gasteiger partial charge in [-0.2, -0.15) is 0 Å². The first kappa shape index (κ1) is 15.8. The summed E-state index contributed by atoms with van der Waals surface area (Å²) >= 11 is 0. The van der Waals surface area contributed by atoms with Crippen LogP contribution in [0.4, 0.5) is 0 Å². The Hall–Kier alpha value is -1.62. The first-order valence-corrected chi connectivity index (χ1v) is 6.31. The van der Waals surface area contributed by atoms with Crippen LogP contribution in [0.1, 0.15) is 10.4 Å². The number of aliphatic hydroxyl groups is 4. The van der Waals surface area contributed by atoms with Gasteiger partial charge in [0.25, 0.3) is 5.91 Å². The number of hydrogen-bond acceptors (Lipinski definition) is 8. The van der Waals surface area contributed by atoms with E-state index in [4.69, 9.17) is 9.84 Å². The fourth-order valence-corrected chi connectivity index (χ4v) is 1.93. The van der Waals surface area contributed by atoms with Crippen molar-refractivity contribution in [1.29, 1.82) is 0 Å². The minimum Gasteiger partial charge on any atom is -0.394 e. The Morgan fingerprint density at radius 2 is 1.86 bits per heavy atom. The summed E-state index contributed by atoms with van der Waals surface area (Å²) < 4.78 is 5.17. The van der Waals surface area contributed by atoms with Crippen molar-refractivity contribution in [3.8, 4) is 0 Å². The summed E-state index contributed by atoms with van der Waals surface area (Å²) in [5, 5.41) is 38.0. The molecule has 1 fully saturated rings. The Kier molecular flexibility index (Phi) is 5.17.